The van der Waals surface area contributed by atoms with E-state index >= 15 is 0 Å². The predicted octanol–water partition coefficient (Wildman–Crippen LogP) is 8.68. The van der Waals surface area contributed by atoms with Crippen molar-refractivity contribution in [1.29, 1.82) is 0 Å². The fourth-order valence-corrected chi connectivity index (χ4v) is 6.36. The zero-order chi connectivity index (χ0) is 33.3. The van der Waals surface area contributed by atoms with Crippen molar-refractivity contribution in [3.63, 3.8) is 0 Å². The summed E-state index contributed by atoms with van der Waals surface area (Å²) in [5, 5.41) is 20.1. The van der Waals surface area contributed by atoms with Crippen LogP contribution in [0.2, 0.25) is 10.0 Å². The quantitative estimate of drug-likeness (QED) is 0.0560. The lowest BCUT2D eigenvalue weighted by molar-refractivity contribution is 0.415. The number of nitrogens with one attached hydrogen (secondary N) is 4. The molecular formula is C38H42Cl2N6O2. The maximum absolute atomic E-state index is 6.27. The number of fused-ring (bicyclic) bond motifs is 4. The Balaban J connectivity index is 0.888. The maximum atomic E-state index is 6.27. The molecule has 48 heavy (non-hydrogen) atoms. The second kappa shape index (κ2) is 16.3. The fraction of sp³-hybridized carbons (Fsp3) is 0.316. The molecule has 2 heterocycles. The van der Waals surface area contributed by atoms with Crippen LogP contribution in [0.1, 0.15) is 25.7 Å². The number of anilines is 2. The summed E-state index contributed by atoms with van der Waals surface area (Å²) in [6.45, 7) is 5.63. The van der Waals surface area contributed by atoms with Gasteiger partial charge >= 0.3 is 0 Å². The lowest BCUT2D eigenvalue weighted by Gasteiger charge is -2.15. The molecule has 2 aromatic heterocycles. The van der Waals surface area contributed by atoms with Gasteiger partial charge in [-0.05, 0) is 125 Å². The normalized spacial score (nSPS) is 11.5. The van der Waals surface area contributed by atoms with E-state index in [1.54, 1.807) is 14.2 Å². The SMILES string of the molecule is COc1ccc2nc3cc(Cl)ccc3c(NCCCNCCCCNCCCNc3c4ccc(Cl)cc4nc4ccc(OC)cc34)c2c1. The van der Waals surface area contributed by atoms with E-state index in [4.69, 9.17) is 42.6 Å². The lowest BCUT2D eigenvalue weighted by Crippen LogP contribution is -2.22. The second-order valence-electron chi connectivity index (χ2n) is 11.8. The molecule has 0 saturated heterocycles. The average molecular weight is 686 g/mol. The molecule has 4 aromatic carbocycles. The molecule has 8 nitrogen and oxygen atoms in total. The van der Waals surface area contributed by atoms with Gasteiger partial charge in [-0.1, -0.05) is 23.2 Å². The van der Waals surface area contributed by atoms with Crippen LogP contribution in [0.4, 0.5) is 11.4 Å². The number of methoxy groups -OCH3 is 2. The van der Waals surface area contributed by atoms with E-state index in [1.165, 1.54) is 0 Å². The van der Waals surface area contributed by atoms with Gasteiger partial charge in [0.1, 0.15) is 11.5 Å². The standard InChI is InChI=1S/C38H42Cl2N6O2/c1-47-27-9-13-33-31(23-27)37(29-11-7-25(39)21-35(29)45-33)43-19-5-17-41-15-3-4-16-42-18-6-20-44-38-30-12-8-26(40)22-36(30)46-34-14-10-28(48-2)24-32(34)38/h7-14,21-24,41-42H,3-6,15-20H2,1-2H3,(H,43,45)(H,44,46). The van der Waals surface area contributed by atoms with Gasteiger partial charge in [0.05, 0.1) is 47.7 Å². The van der Waals surface area contributed by atoms with Gasteiger partial charge < -0.3 is 30.7 Å². The number of pyridine rings is 2. The molecule has 6 aromatic rings. The third-order valence-corrected chi connectivity index (χ3v) is 8.98. The van der Waals surface area contributed by atoms with E-state index in [-0.39, 0.29) is 0 Å². The largest absolute Gasteiger partial charge is 0.497 e. The first kappa shape index (κ1) is 33.8. The van der Waals surface area contributed by atoms with E-state index in [0.29, 0.717) is 10.0 Å². The number of rotatable bonds is 17. The van der Waals surface area contributed by atoms with Crippen molar-refractivity contribution in [3.8, 4) is 11.5 Å². The Morgan fingerprint density at radius 2 is 0.917 bits per heavy atom. The Labute approximate surface area is 291 Å². The fourth-order valence-electron chi connectivity index (χ4n) is 6.03. The van der Waals surface area contributed by atoms with Crippen LogP contribution in [0.25, 0.3) is 43.6 Å². The Morgan fingerprint density at radius 3 is 1.35 bits per heavy atom. The molecule has 4 N–H and O–H groups in total. The van der Waals surface area contributed by atoms with Crippen molar-refractivity contribution in [1.82, 2.24) is 20.6 Å². The highest BCUT2D eigenvalue weighted by Crippen LogP contribution is 2.35. The van der Waals surface area contributed by atoms with E-state index in [0.717, 1.165) is 131 Å². The minimum absolute atomic E-state index is 0.682. The monoisotopic (exact) mass is 684 g/mol. The first-order valence-corrected chi connectivity index (χ1v) is 17.3. The molecule has 0 unspecified atom stereocenters. The highest BCUT2D eigenvalue weighted by Gasteiger charge is 2.12. The molecule has 0 radical (unpaired) electrons. The maximum Gasteiger partial charge on any atom is 0.119 e. The molecular weight excluding hydrogens is 643 g/mol. The summed E-state index contributed by atoms with van der Waals surface area (Å²) >= 11 is 12.5. The summed E-state index contributed by atoms with van der Waals surface area (Å²) < 4.78 is 11.0. The van der Waals surface area contributed by atoms with Crippen LogP contribution in [0.15, 0.2) is 72.8 Å². The molecule has 0 aliphatic rings. The van der Waals surface area contributed by atoms with E-state index in [9.17, 15) is 0 Å². The number of nitrogens with zero attached hydrogens (tertiary/aromatic N) is 2. The Bertz CT molecular complexity index is 1880. The summed E-state index contributed by atoms with van der Waals surface area (Å²) in [4.78, 5) is 9.64. The van der Waals surface area contributed by atoms with E-state index in [2.05, 4.69) is 21.3 Å². The summed E-state index contributed by atoms with van der Waals surface area (Å²) in [6, 6.07) is 23.7. The zero-order valence-corrected chi connectivity index (χ0v) is 29.0. The van der Waals surface area contributed by atoms with Gasteiger partial charge in [-0.3, -0.25) is 0 Å². The van der Waals surface area contributed by atoms with Crippen LogP contribution >= 0.6 is 23.2 Å². The number of unbranched alkanes of at least 4 members (excludes halogenated alkanes) is 1. The highest BCUT2D eigenvalue weighted by atomic mass is 35.5. The van der Waals surface area contributed by atoms with Crippen LogP contribution in [0.3, 0.4) is 0 Å². The highest BCUT2D eigenvalue weighted by molar-refractivity contribution is 6.32. The topological polar surface area (TPSA) is 92.4 Å². The number of aromatic nitrogens is 2. The van der Waals surface area contributed by atoms with Crippen LogP contribution in [-0.2, 0) is 0 Å². The summed E-state index contributed by atoms with van der Waals surface area (Å²) in [5.41, 5.74) is 5.73. The predicted molar refractivity (Wildman–Crippen MR) is 203 cm³/mol. The third kappa shape index (κ3) is 8.13. The molecule has 0 amide bonds. The molecule has 0 bridgehead atoms. The number of benzene rings is 4. The molecule has 0 atom stereocenters. The van der Waals surface area contributed by atoms with Crippen molar-refractivity contribution < 1.29 is 9.47 Å². The first-order valence-electron chi connectivity index (χ1n) is 16.6. The van der Waals surface area contributed by atoms with E-state index in [1.807, 2.05) is 72.8 Å². The van der Waals surface area contributed by atoms with Crippen LogP contribution in [0, 0.1) is 0 Å². The molecule has 250 valence electrons. The van der Waals surface area contributed by atoms with Crippen LogP contribution < -0.4 is 30.7 Å². The van der Waals surface area contributed by atoms with Crippen molar-refractivity contribution in [3.05, 3.63) is 82.8 Å². The minimum Gasteiger partial charge on any atom is -0.497 e. The van der Waals surface area contributed by atoms with Gasteiger partial charge in [0.15, 0.2) is 0 Å². The molecule has 0 spiro atoms. The van der Waals surface area contributed by atoms with Crippen LogP contribution in [0.5, 0.6) is 11.5 Å². The van der Waals surface area contributed by atoms with E-state index < -0.39 is 0 Å². The molecule has 0 saturated carbocycles. The smallest absolute Gasteiger partial charge is 0.119 e. The number of hydrogen-bond acceptors (Lipinski definition) is 8. The Morgan fingerprint density at radius 1 is 0.479 bits per heavy atom. The average Bonchev–Trinajstić information content (AvgIpc) is 3.10. The van der Waals surface area contributed by atoms with Gasteiger partial charge in [0, 0.05) is 44.7 Å². The zero-order valence-electron chi connectivity index (χ0n) is 27.5. The molecule has 6 rings (SSSR count). The van der Waals surface area contributed by atoms with Crippen molar-refractivity contribution in [2.45, 2.75) is 25.7 Å². The summed E-state index contributed by atoms with van der Waals surface area (Å²) in [7, 11) is 3.37. The Kier molecular flexibility index (Phi) is 11.5. The number of ether oxygens (including phenoxy) is 2. The Hall–Kier alpha value is -4.08. The van der Waals surface area contributed by atoms with Gasteiger partial charge in [-0.25, -0.2) is 9.97 Å². The summed E-state index contributed by atoms with van der Waals surface area (Å²) in [6.07, 6.45) is 4.29. The molecule has 0 aliphatic heterocycles. The minimum atomic E-state index is 0.682. The summed E-state index contributed by atoms with van der Waals surface area (Å²) in [5.74, 6) is 1.63. The van der Waals surface area contributed by atoms with Gasteiger partial charge in [-0.2, -0.15) is 0 Å². The molecule has 0 aliphatic carbocycles. The van der Waals surface area contributed by atoms with Crippen molar-refractivity contribution in [2.75, 3.05) is 64.1 Å². The van der Waals surface area contributed by atoms with Crippen molar-refractivity contribution in [2.24, 2.45) is 0 Å². The lowest BCUT2D eigenvalue weighted by atomic mass is 10.1. The van der Waals surface area contributed by atoms with Crippen LogP contribution in [-0.4, -0.2) is 63.5 Å². The second-order valence-corrected chi connectivity index (χ2v) is 12.7. The first-order chi connectivity index (χ1) is 23.5. The number of hydrogen-bond donors (Lipinski definition) is 4. The van der Waals surface area contributed by atoms with Gasteiger partial charge in [0.25, 0.3) is 0 Å². The molecule has 10 heteroatoms. The van der Waals surface area contributed by atoms with Crippen molar-refractivity contribution >= 4 is 78.2 Å². The van der Waals surface area contributed by atoms with Gasteiger partial charge in [-0.15, -0.1) is 0 Å². The number of halogens is 2. The van der Waals surface area contributed by atoms with Gasteiger partial charge in [0.2, 0.25) is 0 Å². The third-order valence-electron chi connectivity index (χ3n) is 8.51. The molecule has 0 fully saturated rings.